The van der Waals surface area contributed by atoms with Crippen LogP contribution >= 0.6 is 0 Å². The van der Waals surface area contributed by atoms with Crippen molar-refractivity contribution in [2.24, 2.45) is 0 Å². The van der Waals surface area contributed by atoms with Gasteiger partial charge in [0.05, 0.1) is 37.2 Å². The van der Waals surface area contributed by atoms with Crippen molar-refractivity contribution in [1.29, 1.82) is 0 Å². The number of morpholine rings is 1. The molecule has 1 aliphatic heterocycles. The van der Waals surface area contributed by atoms with E-state index in [-0.39, 0.29) is 12.6 Å². The average Bonchev–Trinajstić information content (AvgIpc) is 2.56. The highest BCUT2D eigenvalue weighted by atomic mass is 16.5. The number of pyridine rings is 1. The van der Waals surface area contributed by atoms with Gasteiger partial charge in [0.2, 0.25) is 0 Å². The van der Waals surface area contributed by atoms with Gasteiger partial charge in [-0.05, 0) is 25.5 Å². The van der Waals surface area contributed by atoms with E-state index in [9.17, 15) is 9.90 Å². The van der Waals surface area contributed by atoms with Crippen molar-refractivity contribution < 1.29 is 14.6 Å². The van der Waals surface area contributed by atoms with Crippen LogP contribution in [0.5, 0.6) is 0 Å². The van der Waals surface area contributed by atoms with Gasteiger partial charge >= 0.3 is 6.03 Å². The highest BCUT2D eigenvalue weighted by Crippen LogP contribution is 2.16. The van der Waals surface area contributed by atoms with E-state index in [1.165, 1.54) is 0 Å². The molecule has 1 fully saturated rings. The molecule has 1 aromatic rings. The summed E-state index contributed by atoms with van der Waals surface area (Å²) in [6.07, 6.45) is 2.28. The normalized spacial score (nSPS) is 17.7. The molecule has 7 nitrogen and oxygen atoms in total. The summed E-state index contributed by atoms with van der Waals surface area (Å²) in [5, 5.41) is 14.8. The van der Waals surface area contributed by atoms with Gasteiger partial charge in [0.1, 0.15) is 5.82 Å². The molecule has 2 heterocycles. The molecule has 0 bridgehead atoms. The molecule has 3 N–H and O–H groups in total. The summed E-state index contributed by atoms with van der Waals surface area (Å²) in [5.74, 6) is 0.878. The van der Waals surface area contributed by atoms with E-state index in [4.69, 9.17) is 4.74 Å². The number of carbonyl (C=O) groups excluding carboxylic acids is 1. The van der Waals surface area contributed by atoms with Crippen LogP contribution in [0.4, 0.5) is 16.3 Å². The Hall–Kier alpha value is -1.86. The minimum Gasteiger partial charge on any atom is -0.394 e. The lowest BCUT2D eigenvalue weighted by Gasteiger charge is -2.28. The lowest BCUT2D eigenvalue weighted by Crippen LogP contribution is -2.50. The number of aliphatic hydroxyl groups is 1. The largest absolute Gasteiger partial charge is 0.394 e. The van der Waals surface area contributed by atoms with Crippen LogP contribution in [-0.4, -0.2) is 54.6 Å². The zero-order chi connectivity index (χ0) is 16.0. The topological polar surface area (TPSA) is 86.7 Å². The molecule has 2 amide bonds. The Morgan fingerprint density at radius 3 is 2.73 bits per heavy atom. The van der Waals surface area contributed by atoms with E-state index in [0.29, 0.717) is 25.3 Å². The Labute approximate surface area is 130 Å². The Bertz CT molecular complexity index is 482. The van der Waals surface area contributed by atoms with Crippen molar-refractivity contribution in [3.8, 4) is 0 Å². The minimum atomic E-state index is -0.620. The van der Waals surface area contributed by atoms with Crippen molar-refractivity contribution in [2.45, 2.75) is 25.8 Å². The number of rotatable bonds is 5. The van der Waals surface area contributed by atoms with Gasteiger partial charge in [-0.3, -0.25) is 0 Å². The molecule has 7 heteroatoms. The second-order valence-electron chi connectivity index (χ2n) is 5.66. The summed E-state index contributed by atoms with van der Waals surface area (Å²) < 4.78 is 5.31. The van der Waals surface area contributed by atoms with Crippen molar-refractivity contribution in [3.05, 3.63) is 18.3 Å². The third-order valence-corrected chi connectivity index (χ3v) is 3.89. The predicted molar refractivity (Wildman–Crippen MR) is 85.2 cm³/mol. The molecule has 22 heavy (non-hydrogen) atoms. The van der Waals surface area contributed by atoms with E-state index >= 15 is 0 Å². The fourth-order valence-electron chi connectivity index (χ4n) is 2.12. The number of nitrogens with one attached hydrogen (secondary N) is 2. The quantitative estimate of drug-likeness (QED) is 0.761. The Kier molecular flexibility index (Phi) is 5.57. The molecule has 0 spiro atoms. The maximum Gasteiger partial charge on any atom is 0.319 e. The van der Waals surface area contributed by atoms with Crippen molar-refractivity contribution >= 4 is 17.5 Å². The standard InChI is InChI=1S/C15H24N4O3/c1-3-15(2,11-20)18-14(21)17-12-4-5-13(16-10-12)19-6-8-22-9-7-19/h4-5,10,20H,3,6-9,11H2,1-2H3,(H2,17,18,21). The number of amides is 2. The monoisotopic (exact) mass is 308 g/mol. The summed E-state index contributed by atoms with van der Waals surface area (Å²) in [5.41, 5.74) is -0.00321. The molecule has 2 rings (SSSR count). The fourth-order valence-corrected chi connectivity index (χ4v) is 2.12. The maximum atomic E-state index is 11.9. The van der Waals surface area contributed by atoms with E-state index in [2.05, 4.69) is 20.5 Å². The van der Waals surface area contributed by atoms with Crippen molar-refractivity contribution in [2.75, 3.05) is 43.1 Å². The van der Waals surface area contributed by atoms with Gasteiger partial charge in [-0.15, -0.1) is 0 Å². The summed E-state index contributed by atoms with van der Waals surface area (Å²) in [6, 6.07) is 3.35. The SMILES string of the molecule is CCC(C)(CO)NC(=O)Nc1ccc(N2CCOCC2)nc1. The third-order valence-electron chi connectivity index (χ3n) is 3.89. The van der Waals surface area contributed by atoms with Gasteiger partial charge in [0.25, 0.3) is 0 Å². The van der Waals surface area contributed by atoms with Crippen LogP contribution in [0.1, 0.15) is 20.3 Å². The number of carbonyl (C=O) groups is 1. The van der Waals surface area contributed by atoms with Crippen LogP contribution in [0.2, 0.25) is 0 Å². The van der Waals surface area contributed by atoms with Crippen LogP contribution in [0.3, 0.4) is 0 Å². The minimum absolute atomic E-state index is 0.106. The molecule has 0 saturated carbocycles. The molecule has 0 aliphatic carbocycles. The first-order valence-corrected chi connectivity index (χ1v) is 7.55. The molecule has 1 aliphatic rings. The summed E-state index contributed by atoms with van der Waals surface area (Å²) in [6.45, 7) is 6.67. The maximum absolute atomic E-state index is 11.9. The van der Waals surface area contributed by atoms with Crippen molar-refractivity contribution in [1.82, 2.24) is 10.3 Å². The number of aromatic nitrogens is 1. The van der Waals surface area contributed by atoms with Gasteiger partial charge in [0, 0.05) is 13.1 Å². The number of aliphatic hydroxyl groups excluding tert-OH is 1. The van der Waals surface area contributed by atoms with Crippen LogP contribution in [0, 0.1) is 0 Å². The summed E-state index contributed by atoms with van der Waals surface area (Å²) in [7, 11) is 0. The summed E-state index contributed by atoms with van der Waals surface area (Å²) >= 11 is 0. The first kappa shape index (κ1) is 16.5. The van der Waals surface area contributed by atoms with Gasteiger partial charge in [0.15, 0.2) is 0 Å². The van der Waals surface area contributed by atoms with Gasteiger partial charge in [-0.1, -0.05) is 6.92 Å². The molecule has 0 radical (unpaired) electrons. The second-order valence-corrected chi connectivity index (χ2v) is 5.66. The molecular weight excluding hydrogens is 284 g/mol. The molecule has 1 aromatic heterocycles. The highest BCUT2D eigenvalue weighted by molar-refractivity contribution is 5.89. The first-order valence-electron chi connectivity index (χ1n) is 7.55. The molecule has 0 aromatic carbocycles. The van der Waals surface area contributed by atoms with Gasteiger partial charge in [-0.2, -0.15) is 0 Å². The van der Waals surface area contributed by atoms with E-state index < -0.39 is 5.54 Å². The van der Waals surface area contributed by atoms with E-state index in [0.717, 1.165) is 18.9 Å². The second kappa shape index (κ2) is 7.42. The van der Waals surface area contributed by atoms with Gasteiger partial charge in [-0.25, -0.2) is 9.78 Å². The number of urea groups is 1. The number of ether oxygens (including phenoxy) is 1. The molecule has 122 valence electrons. The highest BCUT2D eigenvalue weighted by Gasteiger charge is 2.23. The lowest BCUT2D eigenvalue weighted by molar-refractivity contribution is 0.122. The molecular formula is C15H24N4O3. The van der Waals surface area contributed by atoms with Crippen LogP contribution < -0.4 is 15.5 Å². The van der Waals surface area contributed by atoms with Crippen LogP contribution in [0.15, 0.2) is 18.3 Å². The predicted octanol–water partition coefficient (Wildman–Crippen LogP) is 1.20. The molecule has 1 saturated heterocycles. The smallest absolute Gasteiger partial charge is 0.319 e. The number of anilines is 2. The Morgan fingerprint density at radius 1 is 1.45 bits per heavy atom. The Balaban J connectivity index is 1.92. The lowest BCUT2D eigenvalue weighted by atomic mass is 10.0. The van der Waals surface area contributed by atoms with E-state index in [1.54, 1.807) is 13.1 Å². The fraction of sp³-hybridized carbons (Fsp3) is 0.600. The number of nitrogens with zero attached hydrogens (tertiary/aromatic N) is 2. The van der Waals surface area contributed by atoms with Gasteiger partial charge < -0.3 is 25.4 Å². The third kappa shape index (κ3) is 4.32. The molecule has 1 unspecified atom stereocenters. The van der Waals surface area contributed by atoms with Crippen molar-refractivity contribution in [3.63, 3.8) is 0 Å². The zero-order valence-corrected chi connectivity index (χ0v) is 13.1. The Morgan fingerprint density at radius 2 is 2.18 bits per heavy atom. The van der Waals surface area contributed by atoms with Crippen LogP contribution in [-0.2, 0) is 4.74 Å². The number of hydrogen-bond acceptors (Lipinski definition) is 5. The zero-order valence-electron chi connectivity index (χ0n) is 13.1. The van der Waals surface area contributed by atoms with E-state index in [1.807, 2.05) is 19.1 Å². The number of hydrogen-bond donors (Lipinski definition) is 3. The molecule has 1 atom stereocenters. The average molecular weight is 308 g/mol. The summed E-state index contributed by atoms with van der Waals surface area (Å²) in [4.78, 5) is 18.5. The first-order chi connectivity index (χ1) is 10.6. The van der Waals surface area contributed by atoms with Crippen LogP contribution in [0.25, 0.3) is 0 Å².